The van der Waals surface area contributed by atoms with Gasteiger partial charge in [-0.15, -0.1) is 0 Å². The van der Waals surface area contributed by atoms with Crippen molar-refractivity contribution in [2.45, 2.75) is 19.8 Å². The highest BCUT2D eigenvalue weighted by Gasteiger charge is 2.28. The molecule has 2 aromatic carbocycles. The fourth-order valence-corrected chi connectivity index (χ4v) is 2.73. The van der Waals surface area contributed by atoms with Gasteiger partial charge in [-0.2, -0.15) is 0 Å². The van der Waals surface area contributed by atoms with Gasteiger partial charge < -0.3 is 10.5 Å². The molecule has 0 saturated carbocycles. The van der Waals surface area contributed by atoms with Crippen molar-refractivity contribution in [2.24, 2.45) is 0 Å². The SMILES string of the molecule is Cc1cc2c(c(C)c1N)C(c1ccccc1)CO2. The predicted molar refractivity (Wildman–Crippen MR) is 74.1 cm³/mol. The summed E-state index contributed by atoms with van der Waals surface area (Å²) < 4.78 is 5.83. The molecule has 0 saturated heterocycles. The molecule has 0 spiro atoms. The Bertz CT molecular complexity index is 590. The Morgan fingerprint density at radius 3 is 2.61 bits per heavy atom. The molecule has 3 rings (SSSR count). The number of rotatable bonds is 1. The largest absolute Gasteiger partial charge is 0.492 e. The number of ether oxygens (including phenoxy) is 1. The number of hydrogen-bond donors (Lipinski definition) is 1. The second-order valence-corrected chi connectivity index (χ2v) is 4.92. The molecule has 0 aromatic heterocycles. The summed E-state index contributed by atoms with van der Waals surface area (Å²) in [6.07, 6.45) is 0. The maximum atomic E-state index is 6.14. The Balaban J connectivity index is 2.15. The molecule has 2 aromatic rings. The zero-order valence-electron chi connectivity index (χ0n) is 10.7. The van der Waals surface area contributed by atoms with Gasteiger partial charge in [0, 0.05) is 17.2 Å². The van der Waals surface area contributed by atoms with E-state index in [4.69, 9.17) is 10.5 Å². The molecule has 0 bridgehead atoms. The van der Waals surface area contributed by atoms with Crippen LogP contribution in [0, 0.1) is 13.8 Å². The van der Waals surface area contributed by atoms with Crippen molar-refractivity contribution in [1.82, 2.24) is 0 Å². The normalized spacial score (nSPS) is 17.3. The van der Waals surface area contributed by atoms with Gasteiger partial charge in [0.15, 0.2) is 0 Å². The van der Waals surface area contributed by atoms with Crippen LogP contribution in [0.25, 0.3) is 0 Å². The predicted octanol–water partition coefficient (Wildman–Crippen LogP) is 3.41. The molecule has 2 nitrogen and oxygen atoms in total. The van der Waals surface area contributed by atoms with Gasteiger partial charge in [-0.1, -0.05) is 30.3 Å². The Morgan fingerprint density at radius 2 is 1.89 bits per heavy atom. The van der Waals surface area contributed by atoms with Gasteiger partial charge in [-0.25, -0.2) is 0 Å². The van der Waals surface area contributed by atoms with E-state index in [0.29, 0.717) is 12.5 Å². The van der Waals surface area contributed by atoms with Crippen molar-refractivity contribution < 1.29 is 4.74 Å². The van der Waals surface area contributed by atoms with Crippen LogP contribution >= 0.6 is 0 Å². The van der Waals surface area contributed by atoms with Crippen LogP contribution in [0.2, 0.25) is 0 Å². The molecule has 1 aliphatic rings. The third kappa shape index (κ3) is 1.57. The Hall–Kier alpha value is -1.96. The zero-order chi connectivity index (χ0) is 12.7. The Labute approximate surface area is 107 Å². The van der Waals surface area contributed by atoms with Gasteiger partial charge >= 0.3 is 0 Å². The summed E-state index contributed by atoms with van der Waals surface area (Å²) in [5, 5.41) is 0. The van der Waals surface area contributed by atoms with E-state index in [-0.39, 0.29) is 0 Å². The van der Waals surface area contributed by atoms with E-state index in [2.05, 4.69) is 37.3 Å². The number of nitrogen functional groups attached to an aromatic ring is 1. The van der Waals surface area contributed by atoms with Crippen molar-refractivity contribution in [2.75, 3.05) is 12.3 Å². The highest BCUT2D eigenvalue weighted by molar-refractivity contribution is 5.64. The fourth-order valence-electron chi connectivity index (χ4n) is 2.73. The number of benzene rings is 2. The molecule has 1 unspecified atom stereocenters. The van der Waals surface area contributed by atoms with Gasteiger partial charge in [-0.05, 0) is 36.6 Å². The van der Waals surface area contributed by atoms with Gasteiger partial charge in [0.1, 0.15) is 5.75 Å². The first kappa shape index (κ1) is 11.1. The van der Waals surface area contributed by atoms with Gasteiger partial charge in [0.05, 0.1) is 6.61 Å². The topological polar surface area (TPSA) is 35.2 Å². The molecule has 1 heterocycles. The summed E-state index contributed by atoms with van der Waals surface area (Å²) in [6.45, 7) is 4.83. The van der Waals surface area contributed by atoms with E-state index in [1.165, 1.54) is 11.1 Å². The van der Waals surface area contributed by atoms with Crippen molar-refractivity contribution in [3.63, 3.8) is 0 Å². The number of hydrogen-bond acceptors (Lipinski definition) is 2. The van der Waals surface area contributed by atoms with Crippen LogP contribution in [0.4, 0.5) is 5.69 Å². The first-order chi connectivity index (χ1) is 8.68. The molecule has 1 atom stereocenters. The summed E-state index contributed by atoms with van der Waals surface area (Å²) in [6, 6.07) is 12.5. The lowest BCUT2D eigenvalue weighted by atomic mass is 9.88. The molecular weight excluding hydrogens is 222 g/mol. The van der Waals surface area contributed by atoms with E-state index in [1.54, 1.807) is 0 Å². The molecule has 0 fully saturated rings. The lowest BCUT2D eigenvalue weighted by molar-refractivity contribution is 0.343. The molecule has 92 valence electrons. The monoisotopic (exact) mass is 239 g/mol. The summed E-state index contributed by atoms with van der Waals surface area (Å²) in [4.78, 5) is 0. The fraction of sp³-hybridized carbons (Fsp3) is 0.250. The lowest BCUT2D eigenvalue weighted by Gasteiger charge is -2.14. The Kier molecular flexibility index (Phi) is 2.51. The van der Waals surface area contributed by atoms with E-state index in [9.17, 15) is 0 Å². The number of nitrogens with two attached hydrogens (primary N) is 1. The molecule has 0 aliphatic carbocycles. The highest BCUT2D eigenvalue weighted by atomic mass is 16.5. The maximum absolute atomic E-state index is 6.14. The summed E-state index contributed by atoms with van der Waals surface area (Å²) >= 11 is 0. The zero-order valence-corrected chi connectivity index (χ0v) is 10.7. The minimum absolute atomic E-state index is 0.309. The second kappa shape index (κ2) is 4.05. The lowest BCUT2D eigenvalue weighted by Crippen LogP contribution is -2.04. The number of aryl methyl sites for hydroxylation is 1. The molecular formula is C16H17NO. The van der Waals surface area contributed by atoms with Crippen LogP contribution in [-0.4, -0.2) is 6.61 Å². The number of anilines is 1. The van der Waals surface area contributed by atoms with Crippen molar-refractivity contribution in [3.05, 3.63) is 58.7 Å². The summed E-state index contributed by atoms with van der Waals surface area (Å²) in [5.41, 5.74) is 11.8. The van der Waals surface area contributed by atoms with E-state index in [1.807, 2.05) is 13.0 Å². The van der Waals surface area contributed by atoms with E-state index < -0.39 is 0 Å². The third-order valence-corrected chi connectivity index (χ3v) is 3.80. The van der Waals surface area contributed by atoms with Crippen molar-refractivity contribution >= 4 is 5.69 Å². The van der Waals surface area contributed by atoms with E-state index >= 15 is 0 Å². The smallest absolute Gasteiger partial charge is 0.123 e. The maximum Gasteiger partial charge on any atom is 0.123 e. The van der Waals surface area contributed by atoms with Crippen molar-refractivity contribution in [3.8, 4) is 5.75 Å². The van der Waals surface area contributed by atoms with Gasteiger partial charge in [-0.3, -0.25) is 0 Å². The first-order valence-corrected chi connectivity index (χ1v) is 6.26. The van der Waals surface area contributed by atoms with Crippen LogP contribution in [-0.2, 0) is 0 Å². The molecule has 0 radical (unpaired) electrons. The molecule has 18 heavy (non-hydrogen) atoms. The van der Waals surface area contributed by atoms with Crippen LogP contribution in [0.1, 0.15) is 28.2 Å². The standard InChI is InChI=1S/C16H17NO/c1-10-8-14-15(11(2)16(10)17)13(9-18-14)12-6-4-3-5-7-12/h3-8,13H,9,17H2,1-2H3. The summed E-state index contributed by atoms with van der Waals surface area (Å²) in [7, 11) is 0. The van der Waals surface area contributed by atoms with Gasteiger partial charge in [0.2, 0.25) is 0 Å². The molecule has 2 N–H and O–H groups in total. The third-order valence-electron chi connectivity index (χ3n) is 3.80. The Morgan fingerprint density at radius 1 is 1.17 bits per heavy atom. The van der Waals surface area contributed by atoms with Crippen LogP contribution in [0.3, 0.4) is 0 Å². The summed E-state index contributed by atoms with van der Waals surface area (Å²) in [5.74, 6) is 1.30. The van der Waals surface area contributed by atoms with Crippen LogP contribution in [0.5, 0.6) is 5.75 Å². The average molecular weight is 239 g/mol. The minimum Gasteiger partial charge on any atom is -0.492 e. The molecule has 2 heteroatoms. The van der Waals surface area contributed by atoms with E-state index in [0.717, 1.165) is 22.6 Å². The molecule has 1 aliphatic heterocycles. The number of fused-ring (bicyclic) bond motifs is 1. The average Bonchev–Trinajstić information content (AvgIpc) is 2.81. The van der Waals surface area contributed by atoms with Gasteiger partial charge in [0.25, 0.3) is 0 Å². The molecule has 0 amide bonds. The highest BCUT2D eigenvalue weighted by Crippen LogP contribution is 2.43. The first-order valence-electron chi connectivity index (χ1n) is 6.26. The van der Waals surface area contributed by atoms with Crippen LogP contribution in [0.15, 0.2) is 36.4 Å². The van der Waals surface area contributed by atoms with Crippen LogP contribution < -0.4 is 10.5 Å². The second-order valence-electron chi connectivity index (χ2n) is 4.92. The minimum atomic E-state index is 0.309. The quantitative estimate of drug-likeness (QED) is 0.774. The van der Waals surface area contributed by atoms with Crippen molar-refractivity contribution in [1.29, 1.82) is 0 Å².